The van der Waals surface area contributed by atoms with Gasteiger partial charge in [-0.25, -0.2) is 0 Å². The highest BCUT2D eigenvalue weighted by Gasteiger charge is 2.46. The third-order valence-corrected chi connectivity index (χ3v) is 8.34. The number of hydrogen-bond acceptors (Lipinski definition) is 4. The molecular formula is C33H33N5O4. The first-order valence-electron chi connectivity index (χ1n) is 14.0. The van der Waals surface area contributed by atoms with E-state index in [0.717, 1.165) is 32.9 Å². The number of hydrogen-bond donors (Lipinski definition) is 3. The maximum absolute atomic E-state index is 14.0. The Hall–Kier alpha value is -5.05. The fourth-order valence-corrected chi connectivity index (χ4v) is 6.03. The molecule has 1 aliphatic heterocycles. The molecule has 3 amide bonds. The topological polar surface area (TPSA) is 108 Å². The molecule has 42 heavy (non-hydrogen) atoms. The minimum atomic E-state index is -0.842. The third-order valence-electron chi connectivity index (χ3n) is 8.34. The molecular weight excluding hydrogens is 530 g/mol. The molecule has 9 heteroatoms. The van der Waals surface area contributed by atoms with Crippen molar-refractivity contribution in [2.75, 3.05) is 7.11 Å². The van der Waals surface area contributed by atoms with Gasteiger partial charge >= 0.3 is 0 Å². The van der Waals surface area contributed by atoms with E-state index >= 15 is 0 Å². The summed E-state index contributed by atoms with van der Waals surface area (Å²) in [6.07, 6.45) is 2.69. The van der Waals surface area contributed by atoms with Crippen LogP contribution in [0.5, 0.6) is 5.75 Å². The molecule has 0 radical (unpaired) electrons. The molecule has 3 unspecified atom stereocenters. The number of amides is 3. The van der Waals surface area contributed by atoms with Crippen LogP contribution in [-0.2, 0) is 11.8 Å². The van der Waals surface area contributed by atoms with Crippen molar-refractivity contribution >= 4 is 39.5 Å². The average molecular weight is 564 g/mol. The van der Waals surface area contributed by atoms with Crippen molar-refractivity contribution < 1.29 is 19.1 Å². The van der Waals surface area contributed by atoms with Gasteiger partial charge in [0.2, 0.25) is 0 Å². The fourth-order valence-electron chi connectivity index (χ4n) is 6.03. The Morgan fingerprint density at radius 1 is 1.00 bits per heavy atom. The molecule has 0 saturated carbocycles. The van der Waals surface area contributed by atoms with Crippen LogP contribution in [0.4, 0.5) is 0 Å². The van der Waals surface area contributed by atoms with Gasteiger partial charge in [-0.2, -0.15) is 0 Å². The molecule has 0 aliphatic carbocycles. The minimum absolute atomic E-state index is 0.196. The number of rotatable bonds is 7. The molecule has 214 valence electrons. The normalized spacial score (nSPS) is 16.0. The summed E-state index contributed by atoms with van der Waals surface area (Å²) in [4.78, 5) is 45.8. The SMILES string of the molecule is CCC(C)C(C(=O)NNC(=O)c1cc2cc(OC)ccc2[nH]1)N1C(=O)c2ccccc2C1c1cn(C)c2ccccc12. The molecule has 0 spiro atoms. The van der Waals surface area contributed by atoms with E-state index in [2.05, 4.69) is 15.8 Å². The van der Waals surface area contributed by atoms with Crippen LogP contribution >= 0.6 is 0 Å². The number of para-hydroxylation sites is 1. The van der Waals surface area contributed by atoms with Gasteiger partial charge in [0.25, 0.3) is 17.7 Å². The second kappa shape index (κ2) is 10.7. The van der Waals surface area contributed by atoms with Crippen molar-refractivity contribution in [3.63, 3.8) is 0 Å². The van der Waals surface area contributed by atoms with Gasteiger partial charge in [-0.3, -0.25) is 25.2 Å². The quantitative estimate of drug-likeness (QED) is 0.240. The molecule has 3 heterocycles. The predicted octanol–water partition coefficient (Wildman–Crippen LogP) is 5.09. The van der Waals surface area contributed by atoms with Gasteiger partial charge in [-0.1, -0.05) is 56.7 Å². The zero-order valence-corrected chi connectivity index (χ0v) is 24.0. The lowest BCUT2D eigenvalue weighted by molar-refractivity contribution is -0.128. The van der Waals surface area contributed by atoms with Crippen LogP contribution < -0.4 is 15.6 Å². The molecule has 0 fully saturated rings. The number of nitrogens with zero attached hydrogens (tertiary/aromatic N) is 2. The highest BCUT2D eigenvalue weighted by atomic mass is 16.5. The molecule has 2 aromatic heterocycles. The van der Waals surface area contributed by atoms with E-state index in [1.54, 1.807) is 24.1 Å². The zero-order valence-electron chi connectivity index (χ0n) is 24.0. The largest absolute Gasteiger partial charge is 0.497 e. The van der Waals surface area contributed by atoms with Crippen LogP contribution in [0.2, 0.25) is 0 Å². The Labute approximate surface area is 243 Å². The lowest BCUT2D eigenvalue weighted by atomic mass is 9.93. The summed E-state index contributed by atoms with van der Waals surface area (Å²) in [5, 5.41) is 1.83. The van der Waals surface area contributed by atoms with E-state index in [9.17, 15) is 14.4 Å². The number of benzene rings is 3. The zero-order chi connectivity index (χ0) is 29.5. The number of carbonyl (C=O) groups is 3. The van der Waals surface area contributed by atoms with Gasteiger partial charge in [0, 0.05) is 46.2 Å². The van der Waals surface area contributed by atoms with Crippen molar-refractivity contribution in [2.24, 2.45) is 13.0 Å². The maximum Gasteiger partial charge on any atom is 0.286 e. The summed E-state index contributed by atoms with van der Waals surface area (Å²) < 4.78 is 7.32. The standard InChI is InChI=1S/C33H33N5O4/c1-5-19(2)29(32(40)36-35-31(39)27-17-20-16-21(42-4)14-15-26(20)34-27)38-30(23-11-6-7-12-24(23)33(38)41)25-18-37(3)28-13-9-8-10-22(25)28/h6-19,29-30,34H,5H2,1-4H3,(H,35,39)(H,36,40). The average Bonchev–Trinajstić information content (AvgIpc) is 3.67. The van der Waals surface area contributed by atoms with Crippen LogP contribution in [0.3, 0.4) is 0 Å². The highest BCUT2D eigenvalue weighted by molar-refractivity contribution is 6.04. The number of fused-ring (bicyclic) bond motifs is 3. The summed E-state index contributed by atoms with van der Waals surface area (Å²) in [6.45, 7) is 3.94. The smallest absolute Gasteiger partial charge is 0.286 e. The summed E-state index contributed by atoms with van der Waals surface area (Å²) in [5.74, 6) is -0.682. The van der Waals surface area contributed by atoms with Crippen molar-refractivity contribution in [1.29, 1.82) is 0 Å². The Balaban J connectivity index is 1.33. The van der Waals surface area contributed by atoms with Crippen LogP contribution in [0.25, 0.3) is 21.8 Å². The van der Waals surface area contributed by atoms with E-state index < -0.39 is 23.9 Å². The molecule has 1 aliphatic rings. The van der Waals surface area contributed by atoms with Crippen LogP contribution in [0.15, 0.2) is 79.0 Å². The Morgan fingerprint density at radius 2 is 1.76 bits per heavy atom. The molecule has 9 nitrogen and oxygen atoms in total. The number of ether oxygens (including phenoxy) is 1. The van der Waals surface area contributed by atoms with Crippen molar-refractivity contribution in [1.82, 2.24) is 25.3 Å². The van der Waals surface area contributed by atoms with Gasteiger partial charge in [-0.05, 0) is 47.9 Å². The van der Waals surface area contributed by atoms with E-state index in [4.69, 9.17) is 4.74 Å². The first-order valence-corrected chi connectivity index (χ1v) is 14.0. The number of carbonyl (C=O) groups excluding carboxylic acids is 3. The number of H-pyrrole nitrogens is 1. The molecule has 3 N–H and O–H groups in total. The number of aromatic nitrogens is 2. The summed E-state index contributed by atoms with van der Waals surface area (Å²) >= 11 is 0. The fraction of sp³-hybridized carbons (Fsp3) is 0.242. The minimum Gasteiger partial charge on any atom is -0.497 e. The van der Waals surface area contributed by atoms with Crippen LogP contribution in [0.1, 0.15) is 58.3 Å². The summed E-state index contributed by atoms with van der Waals surface area (Å²) in [7, 11) is 3.56. The number of aromatic amines is 1. The van der Waals surface area contributed by atoms with E-state index in [1.807, 2.05) is 92.3 Å². The van der Waals surface area contributed by atoms with E-state index in [-0.39, 0.29) is 17.5 Å². The number of aryl methyl sites for hydroxylation is 1. The molecule has 5 aromatic rings. The van der Waals surface area contributed by atoms with Crippen LogP contribution in [-0.4, -0.2) is 45.3 Å². The van der Waals surface area contributed by atoms with E-state index in [0.29, 0.717) is 17.7 Å². The van der Waals surface area contributed by atoms with Gasteiger partial charge in [0.15, 0.2) is 0 Å². The van der Waals surface area contributed by atoms with Gasteiger partial charge in [0.05, 0.1) is 13.2 Å². The van der Waals surface area contributed by atoms with E-state index in [1.165, 1.54) is 0 Å². The number of nitrogens with one attached hydrogen (secondary N) is 3. The molecule has 0 bridgehead atoms. The summed E-state index contributed by atoms with van der Waals surface area (Å²) in [5.41, 5.74) is 9.65. The number of hydrazine groups is 1. The van der Waals surface area contributed by atoms with Crippen molar-refractivity contribution in [2.45, 2.75) is 32.4 Å². The third kappa shape index (κ3) is 4.47. The van der Waals surface area contributed by atoms with Crippen molar-refractivity contribution in [3.05, 3.63) is 101 Å². The monoisotopic (exact) mass is 563 g/mol. The van der Waals surface area contributed by atoms with Crippen molar-refractivity contribution in [3.8, 4) is 5.75 Å². The summed E-state index contributed by atoms with van der Waals surface area (Å²) in [6, 6.07) is 21.4. The maximum atomic E-state index is 14.0. The first kappa shape index (κ1) is 27.1. The van der Waals surface area contributed by atoms with Crippen LogP contribution in [0, 0.1) is 5.92 Å². The highest BCUT2D eigenvalue weighted by Crippen LogP contribution is 2.44. The molecule has 3 aromatic carbocycles. The lowest BCUT2D eigenvalue weighted by Crippen LogP contribution is -2.55. The predicted molar refractivity (Wildman–Crippen MR) is 161 cm³/mol. The lowest BCUT2D eigenvalue weighted by Gasteiger charge is -2.36. The molecule has 6 rings (SSSR count). The Kier molecular flexibility index (Phi) is 6.94. The second-order valence-corrected chi connectivity index (χ2v) is 10.8. The second-order valence-electron chi connectivity index (χ2n) is 10.8. The van der Waals surface area contributed by atoms with Gasteiger partial charge < -0.3 is 19.2 Å². The first-order chi connectivity index (χ1) is 20.3. The Bertz CT molecular complexity index is 1840. The molecule has 3 atom stereocenters. The Morgan fingerprint density at radius 3 is 2.55 bits per heavy atom. The van der Waals surface area contributed by atoms with Gasteiger partial charge in [-0.15, -0.1) is 0 Å². The van der Waals surface area contributed by atoms with Gasteiger partial charge in [0.1, 0.15) is 17.5 Å². The number of methoxy groups -OCH3 is 1. The molecule has 0 saturated heterocycles.